The second-order valence-electron chi connectivity index (χ2n) is 3.29. The first-order chi connectivity index (χ1) is 8.13. The molecule has 0 fully saturated rings. The van der Waals surface area contributed by atoms with E-state index in [2.05, 4.69) is 15.0 Å². The molecule has 17 heavy (non-hydrogen) atoms. The Hall–Kier alpha value is -2.50. The van der Waals surface area contributed by atoms with E-state index in [1.807, 2.05) is 0 Å². The lowest BCUT2D eigenvalue weighted by molar-refractivity contribution is 0.628. The van der Waals surface area contributed by atoms with Gasteiger partial charge in [0, 0.05) is 0 Å². The first-order valence-corrected chi connectivity index (χ1v) is 4.84. The summed E-state index contributed by atoms with van der Waals surface area (Å²) in [7, 11) is 0. The fraction of sp³-hybridized carbons (Fsp3) is 0. The molecule has 5 nitrogen and oxygen atoms in total. The van der Waals surface area contributed by atoms with Gasteiger partial charge < -0.3 is 11.5 Å². The number of nitrogens with two attached hydrogens (primary N) is 2. The van der Waals surface area contributed by atoms with Crippen LogP contribution in [0.15, 0.2) is 24.3 Å². The van der Waals surface area contributed by atoms with Crippen LogP contribution in [0.25, 0.3) is 12.2 Å². The van der Waals surface area contributed by atoms with Crippen LogP contribution in [-0.2, 0) is 0 Å². The Balaban J connectivity index is 2.22. The summed E-state index contributed by atoms with van der Waals surface area (Å²) >= 11 is 0. The van der Waals surface area contributed by atoms with Gasteiger partial charge in [0.1, 0.15) is 5.82 Å². The van der Waals surface area contributed by atoms with Gasteiger partial charge in [-0.2, -0.15) is 15.0 Å². The Labute approximate surface area is 97.0 Å². The van der Waals surface area contributed by atoms with Crippen molar-refractivity contribution in [2.45, 2.75) is 0 Å². The number of halogens is 1. The molecule has 0 saturated heterocycles. The van der Waals surface area contributed by atoms with Gasteiger partial charge in [-0.25, -0.2) is 4.39 Å². The minimum absolute atomic E-state index is 0.0660. The molecule has 0 aliphatic carbocycles. The van der Waals surface area contributed by atoms with Crippen molar-refractivity contribution < 1.29 is 4.39 Å². The van der Waals surface area contributed by atoms with Crippen molar-refractivity contribution in [3.05, 3.63) is 41.5 Å². The summed E-state index contributed by atoms with van der Waals surface area (Å²) < 4.78 is 12.7. The largest absolute Gasteiger partial charge is 0.368 e. The monoisotopic (exact) mass is 231 g/mol. The SMILES string of the molecule is Nc1nc(N)nc(C=Cc2ccc(F)cc2)n1. The molecule has 0 saturated carbocycles. The Kier molecular flexibility index (Phi) is 2.95. The molecule has 0 radical (unpaired) electrons. The number of anilines is 2. The molecule has 0 amide bonds. The normalized spacial score (nSPS) is 10.9. The fourth-order valence-corrected chi connectivity index (χ4v) is 1.25. The van der Waals surface area contributed by atoms with Gasteiger partial charge in [0.2, 0.25) is 11.9 Å². The summed E-state index contributed by atoms with van der Waals surface area (Å²) in [5.74, 6) is 0.211. The standard InChI is InChI=1S/C11H10FN5/c12-8-4-1-7(2-5-8)3-6-9-15-10(13)17-11(14)16-9/h1-6H,(H4,13,14,15,16,17). The molecule has 0 unspecified atom stereocenters. The molecule has 0 aliphatic rings. The van der Waals surface area contributed by atoms with E-state index in [9.17, 15) is 4.39 Å². The summed E-state index contributed by atoms with van der Waals surface area (Å²) in [6, 6.07) is 6.02. The van der Waals surface area contributed by atoms with E-state index in [-0.39, 0.29) is 17.7 Å². The van der Waals surface area contributed by atoms with Crippen LogP contribution in [0.2, 0.25) is 0 Å². The Morgan fingerprint density at radius 2 is 1.47 bits per heavy atom. The maximum atomic E-state index is 12.7. The third-order valence-corrected chi connectivity index (χ3v) is 1.98. The van der Waals surface area contributed by atoms with E-state index >= 15 is 0 Å². The summed E-state index contributed by atoms with van der Waals surface area (Å²) in [4.78, 5) is 11.4. The van der Waals surface area contributed by atoms with Crippen molar-refractivity contribution in [3.63, 3.8) is 0 Å². The molecule has 0 bridgehead atoms. The van der Waals surface area contributed by atoms with E-state index in [1.54, 1.807) is 24.3 Å². The molecule has 0 aliphatic heterocycles. The first kappa shape index (κ1) is 11.0. The van der Waals surface area contributed by atoms with Crippen molar-refractivity contribution in [2.24, 2.45) is 0 Å². The second-order valence-corrected chi connectivity index (χ2v) is 3.29. The molecule has 0 spiro atoms. The summed E-state index contributed by atoms with van der Waals surface area (Å²) in [5, 5.41) is 0. The lowest BCUT2D eigenvalue weighted by Crippen LogP contribution is -2.03. The van der Waals surface area contributed by atoms with Crippen LogP contribution in [0, 0.1) is 5.82 Å². The van der Waals surface area contributed by atoms with Crippen LogP contribution >= 0.6 is 0 Å². The van der Waals surface area contributed by atoms with Gasteiger partial charge in [-0.3, -0.25) is 0 Å². The molecule has 4 N–H and O–H groups in total. The van der Waals surface area contributed by atoms with Crippen molar-refractivity contribution in [1.29, 1.82) is 0 Å². The molecule has 2 rings (SSSR count). The number of nitrogen functional groups attached to an aromatic ring is 2. The van der Waals surface area contributed by atoms with Gasteiger partial charge in [0.25, 0.3) is 0 Å². The number of aromatic nitrogens is 3. The summed E-state index contributed by atoms with van der Waals surface area (Å²) in [6.07, 6.45) is 3.36. The lowest BCUT2D eigenvalue weighted by Gasteiger charge is -1.97. The minimum atomic E-state index is -0.282. The average molecular weight is 231 g/mol. The molecule has 1 aromatic carbocycles. The van der Waals surface area contributed by atoms with Crippen LogP contribution in [0.3, 0.4) is 0 Å². The van der Waals surface area contributed by atoms with Crippen molar-refractivity contribution in [2.75, 3.05) is 11.5 Å². The second kappa shape index (κ2) is 4.56. The first-order valence-electron chi connectivity index (χ1n) is 4.84. The molecular weight excluding hydrogens is 221 g/mol. The highest BCUT2D eigenvalue weighted by atomic mass is 19.1. The molecule has 1 aromatic heterocycles. The average Bonchev–Trinajstić information content (AvgIpc) is 2.27. The zero-order valence-corrected chi connectivity index (χ0v) is 8.84. The fourth-order valence-electron chi connectivity index (χ4n) is 1.25. The molecule has 2 aromatic rings. The van der Waals surface area contributed by atoms with E-state index in [0.29, 0.717) is 5.82 Å². The molecule has 1 heterocycles. The number of benzene rings is 1. The van der Waals surface area contributed by atoms with E-state index in [4.69, 9.17) is 11.5 Å². The van der Waals surface area contributed by atoms with Crippen molar-refractivity contribution >= 4 is 24.0 Å². The molecule has 6 heteroatoms. The quantitative estimate of drug-likeness (QED) is 0.814. The smallest absolute Gasteiger partial charge is 0.225 e. The number of hydrogen-bond acceptors (Lipinski definition) is 5. The van der Waals surface area contributed by atoms with Crippen LogP contribution in [0.4, 0.5) is 16.3 Å². The van der Waals surface area contributed by atoms with E-state index in [0.717, 1.165) is 5.56 Å². The summed E-state index contributed by atoms with van der Waals surface area (Å²) in [5.41, 5.74) is 11.7. The predicted octanol–water partition coefficient (Wildman–Crippen LogP) is 1.35. The molecule has 86 valence electrons. The van der Waals surface area contributed by atoms with Gasteiger partial charge in [-0.1, -0.05) is 18.2 Å². The number of hydrogen-bond donors (Lipinski definition) is 2. The molecular formula is C11H10FN5. The maximum absolute atomic E-state index is 12.7. The topological polar surface area (TPSA) is 90.7 Å². The number of rotatable bonds is 2. The van der Waals surface area contributed by atoms with E-state index in [1.165, 1.54) is 12.1 Å². The van der Waals surface area contributed by atoms with Crippen molar-refractivity contribution in [3.8, 4) is 0 Å². The van der Waals surface area contributed by atoms with Gasteiger partial charge in [-0.15, -0.1) is 0 Å². The summed E-state index contributed by atoms with van der Waals surface area (Å²) in [6.45, 7) is 0. The van der Waals surface area contributed by atoms with Crippen molar-refractivity contribution in [1.82, 2.24) is 15.0 Å². The van der Waals surface area contributed by atoms with Crippen LogP contribution in [0.1, 0.15) is 11.4 Å². The van der Waals surface area contributed by atoms with Crippen LogP contribution in [0.5, 0.6) is 0 Å². The number of nitrogens with zero attached hydrogens (tertiary/aromatic N) is 3. The van der Waals surface area contributed by atoms with Gasteiger partial charge in [0.05, 0.1) is 0 Å². The zero-order chi connectivity index (χ0) is 12.3. The molecule has 0 atom stereocenters. The van der Waals surface area contributed by atoms with Crippen LogP contribution in [-0.4, -0.2) is 15.0 Å². The van der Waals surface area contributed by atoms with Crippen LogP contribution < -0.4 is 11.5 Å². The third kappa shape index (κ3) is 2.97. The predicted molar refractivity (Wildman–Crippen MR) is 64.0 cm³/mol. The Morgan fingerprint density at radius 1 is 0.882 bits per heavy atom. The lowest BCUT2D eigenvalue weighted by atomic mass is 10.2. The minimum Gasteiger partial charge on any atom is -0.368 e. The highest BCUT2D eigenvalue weighted by molar-refractivity contribution is 5.67. The van der Waals surface area contributed by atoms with E-state index < -0.39 is 0 Å². The highest BCUT2D eigenvalue weighted by Crippen LogP contribution is 2.07. The Morgan fingerprint density at radius 3 is 2.06 bits per heavy atom. The maximum Gasteiger partial charge on any atom is 0.225 e. The Bertz CT molecular complexity index is 530. The van der Waals surface area contributed by atoms with Gasteiger partial charge >= 0.3 is 0 Å². The third-order valence-electron chi connectivity index (χ3n) is 1.98. The van der Waals surface area contributed by atoms with Gasteiger partial charge in [-0.05, 0) is 23.8 Å². The van der Waals surface area contributed by atoms with Gasteiger partial charge in [0.15, 0.2) is 5.82 Å². The zero-order valence-electron chi connectivity index (χ0n) is 8.84. The highest BCUT2D eigenvalue weighted by Gasteiger charge is 1.97.